The molecule has 1 unspecified atom stereocenters. The molecule has 2 aliphatic heterocycles. The van der Waals surface area contributed by atoms with Crippen molar-refractivity contribution in [3.05, 3.63) is 59.7 Å². The molecule has 142 valence electrons. The molecule has 28 heavy (non-hydrogen) atoms. The van der Waals surface area contributed by atoms with Gasteiger partial charge in [-0.25, -0.2) is 4.39 Å². The summed E-state index contributed by atoms with van der Waals surface area (Å²) in [6.07, 6.45) is 0.292. The van der Waals surface area contributed by atoms with Crippen molar-refractivity contribution in [1.29, 1.82) is 0 Å². The topological polar surface area (TPSA) is 77.7 Å². The first kappa shape index (κ1) is 16.7. The average Bonchev–Trinajstić information content (AvgIpc) is 3.42. The molecule has 1 aromatic heterocycles. The standard InChI is InChI=1S/C20H16FN3O4/c21-15-4-2-1-3-14(15)20-22-19(23-28-20)13-8-18(25)24(10-13)9-12-5-6-16-17(7-12)27-11-26-16/h1-7,13H,8-11H2. The van der Waals surface area contributed by atoms with Crippen LogP contribution < -0.4 is 9.47 Å². The van der Waals surface area contributed by atoms with Crippen LogP contribution in [0.25, 0.3) is 11.5 Å². The van der Waals surface area contributed by atoms with Crippen LogP contribution in [-0.4, -0.2) is 34.3 Å². The lowest BCUT2D eigenvalue weighted by Crippen LogP contribution is -2.24. The van der Waals surface area contributed by atoms with Crippen molar-refractivity contribution in [2.75, 3.05) is 13.3 Å². The first-order valence-electron chi connectivity index (χ1n) is 8.92. The molecular formula is C20H16FN3O4. The first-order valence-corrected chi connectivity index (χ1v) is 8.92. The highest BCUT2D eigenvalue weighted by molar-refractivity contribution is 5.79. The molecule has 0 spiro atoms. The van der Waals surface area contributed by atoms with Gasteiger partial charge in [0, 0.05) is 25.4 Å². The minimum absolute atomic E-state index is 0.0138. The van der Waals surface area contributed by atoms with Gasteiger partial charge in [-0.3, -0.25) is 4.79 Å². The molecule has 3 aromatic rings. The molecule has 1 atom stereocenters. The predicted octanol–water partition coefficient (Wildman–Crippen LogP) is 3.12. The zero-order chi connectivity index (χ0) is 19.1. The summed E-state index contributed by atoms with van der Waals surface area (Å²) in [4.78, 5) is 18.5. The van der Waals surface area contributed by atoms with Gasteiger partial charge in [0.15, 0.2) is 17.3 Å². The third-order valence-electron chi connectivity index (χ3n) is 4.94. The first-order chi connectivity index (χ1) is 13.7. The Bertz CT molecular complexity index is 1050. The molecule has 1 saturated heterocycles. The zero-order valence-corrected chi connectivity index (χ0v) is 14.8. The molecule has 5 rings (SSSR count). The normalized spacial score (nSPS) is 18.1. The van der Waals surface area contributed by atoms with E-state index in [0.29, 0.717) is 36.8 Å². The van der Waals surface area contributed by atoms with E-state index in [9.17, 15) is 9.18 Å². The largest absolute Gasteiger partial charge is 0.454 e. The van der Waals surface area contributed by atoms with E-state index >= 15 is 0 Å². The Balaban J connectivity index is 1.31. The third-order valence-corrected chi connectivity index (χ3v) is 4.94. The van der Waals surface area contributed by atoms with E-state index in [1.165, 1.54) is 6.07 Å². The Labute approximate surface area is 159 Å². The summed E-state index contributed by atoms with van der Waals surface area (Å²) in [6, 6.07) is 11.9. The number of aromatic nitrogens is 2. The van der Waals surface area contributed by atoms with Crippen molar-refractivity contribution >= 4 is 5.91 Å². The lowest BCUT2D eigenvalue weighted by atomic mass is 10.1. The SMILES string of the molecule is O=C1CC(c2noc(-c3ccccc3F)n2)CN1Cc1ccc2c(c1)OCO2. The maximum Gasteiger partial charge on any atom is 0.260 e. The van der Waals surface area contributed by atoms with E-state index in [0.717, 1.165) is 5.56 Å². The second-order valence-corrected chi connectivity index (χ2v) is 6.80. The van der Waals surface area contributed by atoms with Crippen LogP contribution in [0.3, 0.4) is 0 Å². The monoisotopic (exact) mass is 381 g/mol. The highest BCUT2D eigenvalue weighted by Crippen LogP contribution is 2.34. The highest BCUT2D eigenvalue weighted by atomic mass is 19.1. The number of fused-ring (bicyclic) bond motifs is 1. The number of hydrogen-bond acceptors (Lipinski definition) is 6. The molecule has 1 amide bonds. The number of ether oxygens (including phenoxy) is 2. The van der Waals surface area contributed by atoms with Gasteiger partial charge in [0.2, 0.25) is 12.7 Å². The number of carbonyl (C=O) groups excluding carboxylic acids is 1. The summed E-state index contributed by atoms with van der Waals surface area (Å²) in [5.41, 5.74) is 1.21. The van der Waals surface area contributed by atoms with E-state index in [4.69, 9.17) is 14.0 Å². The minimum atomic E-state index is -0.426. The van der Waals surface area contributed by atoms with E-state index in [2.05, 4.69) is 10.1 Å². The number of benzene rings is 2. The van der Waals surface area contributed by atoms with Gasteiger partial charge >= 0.3 is 0 Å². The van der Waals surface area contributed by atoms with Gasteiger partial charge in [-0.15, -0.1) is 0 Å². The van der Waals surface area contributed by atoms with Crippen molar-refractivity contribution in [2.24, 2.45) is 0 Å². The fourth-order valence-corrected chi connectivity index (χ4v) is 3.50. The van der Waals surface area contributed by atoms with Crippen LogP contribution >= 0.6 is 0 Å². The van der Waals surface area contributed by atoms with Crippen molar-refractivity contribution in [2.45, 2.75) is 18.9 Å². The Morgan fingerprint density at radius 3 is 2.89 bits per heavy atom. The maximum absolute atomic E-state index is 13.9. The lowest BCUT2D eigenvalue weighted by Gasteiger charge is -2.16. The molecule has 1 fully saturated rings. The van der Waals surface area contributed by atoms with Crippen molar-refractivity contribution in [3.63, 3.8) is 0 Å². The Morgan fingerprint density at radius 1 is 1.14 bits per heavy atom. The molecule has 0 N–H and O–H groups in total. The molecule has 2 aromatic carbocycles. The number of likely N-dealkylation sites (tertiary alicyclic amines) is 1. The van der Waals surface area contributed by atoms with Gasteiger partial charge in [-0.2, -0.15) is 4.98 Å². The van der Waals surface area contributed by atoms with Crippen molar-refractivity contribution < 1.29 is 23.2 Å². The molecular weight excluding hydrogens is 365 g/mol. The van der Waals surface area contributed by atoms with Crippen LogP contribution in [0.1, 0.15) is 23.7 Å². The van der Waals surface area contributed by atoms with Crippen LogP contribution in [0.5, 0.6) is 11.5 Å². The minimum Gasteiger partial charge on any atom is -0.454 e. The maximum atomic E-state index is 13.9. The van der Waals surface area contributed by atoms with Crippen LogP contribution in [0.4, 0.5) is 4.39 Å². The van der Waals surface area contributed by atoms with Gasteiger partial charge in [-0.05, 0) is 29.8 Å². The molecule has 0 saturated carbocycles. The summed E-state index contributed by atoms with van der Waals surface area (Å²) in [5.74, 6) is 1.33. The number of nitrogens with zero attached hydrogens (tertiary/aromatic N) is 3. The number of hydrogen-bond donors (Lipinski definition) is 0. The fraction of sp³-hybridized carbons (Fsp3) is 0.250. The number of rotatable bonds is 4. The zero-order valence-electron chi connectivity index (χ0n) is 14.8. The van der Waals surface area contributed by atoms with Crippen LogP contribution in [0.15, 0.2) is 47.0 Å². The highest BCUT2D eigenvalue weighted by Gasteiger charge is 2.34. The van der Waals surface area contributed by atoms with E-state index < -0.39 is 5.82 Å². The molecule has 0 bridgehead atoms. The van der Waals surface area contributed by atoms with E-state index in [-0.39, 0.29) is 30.1 Å². The molecule has 3 heterocycles. The van der Waals surface area contributed by atoms with Crippen molar-refractivity contribution in [3.8, 4) is 23.0 Å². The Morgan fingerprint density at radius 2 is 2.00 bits per heavy atom. The Hall–Kier alpha value is -3.42. The average molecular weight is 381 g/mol. The van der Waals surface area contributed by atoms with Gasteiger partial charge in [0.05, 0.1) is 5.56 Å². The summed E-state index contributed by atoms with van der Waals surface area (Å²) in [7, 11) is 0. The second kappa shape index (κ2) is 6.63. The second-order valence-electron chi connectivity index (χ2n) is 6.80. The van der Waals surface area contributed by atoms with Crippen LogP contribution in [-0.2, 0) is 11.3 Å². The summed E-state index contributed by atoms with van der Waals surface area (Å²) >= 11 is 0. The molecule has 7 nitrogen and oxygen atoms in total. The summed E-state index contributed by atoms with van der Waals surface area (Å²) in [5, 5.41) is 3.97. The molecule has 0 radical (unpaired) electrons. The predicted molar refractivity (Wildman–Crippen MR) is 95.0 cm³/mol. The fourth-order valence-electron chi connectivity index (χ4n) is 3.50. The lowest BCUT2D eigenvalue weighted by molar-refractivity contribution is -0.128. The quantitative estimate of drug-likeness (QED) is 0.691. The summed E-state index contributed by atoms with van der Waals surface area (Å²) in [6.45, 7) is 1.15. The third kappa shape index (κ3) is 2.96. The smallest absolute Gasteiger partial charge is 0.260 e. The summed E-state index contributed by atoms with van der Waals surface area (Å²) < 4.78 is 29.8. The molecule has 8 heteroatoms. The van der Waals surface area contributed by atoms with Gasteiger partial charge in [0.25, 0.3) is 5.89 Å². The molecule has 0 aliphatic carbocycles. The van der Waals surface area contributed by atoms with Gasteiger partial charge in [-0.1, -0.05) is 23.4 Å². The van der Waals surface area contributed by atoms with Crippen LogP contribution in [0.2, 0.25) is 0 Å². The number of halogens is 1. The van der Waals surface area contributed by atoms with Crippen LogP contribution in [0, 0.1) is 5.82 Å². The number of amides is 1. The van der Waals surface area contributed by atoms with Gasteiger partial charge < -0.3 is 18.9 Å². The van der Waals surface area contributed by atoms with Crippen molar-refractivity contribution in [1.82, 2.24) is 15.0 Å². The molecule has 2 aliphatic rings. The Kier molecular flexibility index (Phi) is 3.96. The van der Waals surface area contributed by atoms with E-state index in [1.54, 1.807) is 23.1 Å². The van der Waals surface area contributed by atoms with E-state index in [1.807, 2.05) is 18.2 Å². The van der Waals surface area contributed by atoms with Gasteiger partial charge in [0.1, 0.15) is 5.82 Å². The number of carbonyl (C=O) groups is 1.